The van der Waals surface area contributed by atoms with Crippen molar-refractivity contribution in [3.05, 3.63) is 28.2 Å². The zero-order valence-corrected chi connectivity index (χ0v) is 14.1. The van der Waals surface area contributed by atoms with Gasteiger partial charge in [0.15, 0.2) is 0 Å². The molecule has 0 radical (unpaired) electrons. The average molecular weight is 328 g/mol. The molecule has 3 heteroatoms. The van der Waals surface area contributed by atoms with Gasteiger partial charge in [-0.3, -0.25) is 0 Å². The molecule has 0 aliphatic carbocycles. The molecule has 0 saturated carbocycles. The van der Waals surface area contributed by atoms with Crippen LogP contribution in [0.2, 0.25) is 0 Å². The van der Waals surface area contributed by atoms with E-state index in [-0.39, 0.29) is 6.10 Å². The van der Waals surface area contributed by atoms with E-state index in [0.29, 0.717) is 5.92 Å². The second kappa shape index (κ2) is 8.60. The Kier molecular flexibility index (Phi) is 7.47. The van der Waals surface area contributed by atoms with E-state index in [1.54, 1.807) is 0 Å². The Labute approximate surface area is 126 Å². The quantitative estimate of drug-likeness (QED) is 0.697. The summed E-state index contributed by atoms with van der Waals surface area (Å²) in [6, 6.07) is 6.28. The molecule has 1 aromatic carbocycles. The summed E-state index contributed by atoms with van der Waals surface area (Å²) in [4.78, 5) is 0. The molecule has 1 aromatic rings. The van der Waals surface area contributed by atoms with Gasteiger partial charge in [0.2, 0.25) is 0 Å². The van der Waals surface area contributed by atoms with Crippen LogP contribution in [0.4, 0.5) is 0 Å². The number of hydrogen-bond acceptors (Lipinski definition) is 2. The number of ether oxygens (including phenoxy) is 1. The fraction of sp³-hybridized carbons (Fsp3) is 0.625. The topological polar surface area (TPSA) is 21.3 Å². The van der Waals surface area contributed by atoms with Gasteiger partial charge < -0.3 is 10.1 Å². The van der Waals surface area contributed by atoms with E-state index < -0.39 is 0 Å². The van der Waals surface area contributed by atoms with Crippen LogP contribution in [0.5, 0.6) is 5.75 Å². The van der Waals surface area contributed by atoms with Crippen LogP contribution in [0.25, 0.3) is 0 Å². The average Bonchev–Trinajstić information content (AvgIpc) is 2.39. The lowest BCUT2D eigenvalue weighted by atomic mass is 10.0. The second-order valence-corrected chi connectivity index (χ2v) is 6.10. The lowest BCUT2D eigenvalue weighted by molar-refractivity contribution is 0.191. The molecular formula is C16H26BrNO. The largest absolute Gasteiger partial charge is 0.489 e. The molecule has 1 rings (SSSR count). The first-order chi connectivity index (χ1) is 9.08. The highest BCUT2D eigenvalue weighted by molar-refractivity contribution is 9.10. The fourth-order valence-electron chi connectivity index (χ4n) is 1.97. The normalized spacial score (nSPS) is 12.7. The van der Waals surface area contributed by atoms with Crippen molar-refractivity contribution in [2.24, 2.45) is 0 Å². The van der Waals surface area contributed by atoms with Gasteiger partial charge in [0.05, 0.1) is 0 Å². The summed E-state index contributed by atoms with van der Waals surface area (Å²) in [5.74, 6) is 1.48. The predicted molar refractivity (Wildman–Crippen MR) is 86.1 cm³/mol. The minimum Gasteiger partial charge on any atom is -0.489 e. The van der Waals surface area contributed by atoms with E-state index >= 15 is 0 Å². The van der Waals surface area contributed by atoms with Gasteiger partial charge >= 0.3 is 0 Å². The van der Waals surface area contributed by atoms with Gasteiger partial charge in [-0.15, -0.1) is 0 Å². The first kappa shape index (κ1) is 16.5. The summed E-state index contributed by atoms with van der Waals surface area (Å²) >= 11 is 3.53. The summed E-state index contributed by atoms with van der Waals surface area (Å²) in [7, 11) is 0. The lowest BCUT2D eigenvalue weighted by Crippen LogP contribution is -2.31. The van der Waals surface area contributed by atoms with Crippen LogP contribution in [0, 0.1) is 0 Å². The summed E-state index contributed by atoms with van der Waals surface area (Å²) < 4.78 is 7.29. The van der Waals surface area contributed by atoms with E-state index in [4.69, 9.17) is 4.74 Å². The SMILES string of the molecule is CCCNCC(CC)Oc1ccc(Br)cc1C(C)C. The number of halogens is 1. The van der Waals surface area contributed by atoms with Crippen molar-refractivity contribution in [1.29, 1.82) is 0 Å². The Morgan fingerprint density at radius 3 is 2.58 bits per heavy atom. The molecule has 0 aliphatic heterocycles. The van der Waals surface area contributed by atoms with Crippen molar-refractivity contribution < 1.29 is 4.74 Å². The van der Waals surface area contributed by atoms with E-state index in [1.165, 1.54) is 5.56 Å². The summed E-state index contributed by atoms with van der Waals surface area (Å²) in [5.41, 5.74) is 1.27. The summed E-state index contributed by atoms with van der Waals surface area (Å²) in [6.07, 6.45) is 2.42. The van der Waals surface area contributed by atoms with Gasteiger partial charge in [0.1, 0.15) is 11.9 Å². The van der Waals surface area contributed by atoms with Gasteiger partial charge in [0.25, 0.3) is 0 Å². The molecule has 0 spiro atoms. The molecule has 1 unspecified atom stereocenters. The molecule has 0 aliphatic rings. The molecule has 0 saturated heterocycles. The minimum absolute atomic E-state index is 0.241. The van der Waals surface area contributed by atoms with Crippen LogP contribution in [-0.4, -0.2) is 19.2 Å². The Balaban J connectivity index is 2.73. The Morgan fingerprint density at radius 1 is 1.26 bits per heavy atom. The molecular weight excluding hydrogens is 302 g/mol. The van der Waals surface area contributed by atoms with Crippen molar-refractivity contribution in [2.45, 2.75) is 52.6 Å². The maximum absolute atomic E-state index is 6.17. The number of rotatable bonds is 8. The number of nitrogens with one attached hydrogen (secondary N) is 1. The molecule has 2 nitrogen and oxygen atoms in total. The molecule has 1 atom stereocenters. The molecule has 0 bridgehead atoms. The molecule has 19 heavy (non-hydrogen) atoms. The van der Waals surface area contributed by atoms with Crippen molar-refractivity contribution in [2.75, 3.05) is 13.1 Å². The maximum atomic E-state index is 6.17. The standard InChI is InChI=1S/C16H26BrNO/c1-5-9-18-11-14(6-2)19-16-8-7-13(17)10-15(16)12(3)4/h7-8,10,12,14,18H,5-6,9,11H2,1-4H3. The predicted octanol–water partition coefficient (Wildman–Crippen LogP) is 4.73. The Hall–Kier alpha value is -0.540. The van der Waals surface area contributed by atoms with E-state index in [9.17, 15) is 0 Å². The first-order valence-electron chi connectivity index (χ1n) is 7.25. The highest BCUT2D eigenvalue weighted by atomic mass is 79.9. The van der Waals surface area contributed by atoms with E-state index in [2.05, 4.69) is 61.1 Å². The van der Waals surface area contributed by atoms with Crippen LogP contribution in [0.3, 0.4) is 0 Å². The van der Waals surface area contributed by atoms with Crippen molar-refractivity contribution in [1.82, 2.24) is 5.32 Å². The molecule has 0 amide bonds. The Morgan fingerprint density at radius 2 is 2.00 bits per heavy atom. The zero-order valence-electron chi connectivity index (χ0n) is 12.5. The van der Waals surface area contributed by atoms with Gasteiger partial charge in [-0.25, -0.2) is 0 Å². The molecule has 0 aromatic heterocycles. The zero-order chi connectivity index (χ0) is 14.3. The van der Waals surface area contributed by atoms with Gasteiger partial charge in [-0.2, -0.15) is 0 Å². The third-order valence-electron chi connectivity index (χ3n) is 3.14. The van der Waals surface area contributed by atoms with Crippen molar-refractivity contribution in [3.8, 4) is 5.75 Å². The highest BCUT2D eigenvalue weighted by Gasteiger charge is 2.13. The van der Waals surface area contributed by atoms with Crippen LogP contribution in [0.1, 0.15) is 52.0 Å². The number of benzene rings is 1. The number of hydrogen-bond donors (Lipinski definition) is 1. The van der Waals surface area contributed by atoms with Gasteiger partial charge in [-0.05, 0) is 49.1 Å². The van der Waals surface area contributed by atoms with E-state index in [0.717, 1.165) is 36.2 Å². The van der Waals surface area contributed by atoms with E-state index in [1.807, 2.05) is 6.07 Å². The summed E-state index contributed by atoms with van der Waals surface area (Å²) in [5, 5.41) is 3.43. The molecule has 1 N–H and O–H groups in total. The smallest absolute Gasteiger partial charge is 0.123 e. The van der Waals surface area contributed by atoms with Crippen LogP contribution < -0.4 is 10.1 Å². The van der Waals surface area contributed by atoms with Gasteiger partial charge in [-0.1, -0.05) is 43.6 Å². The van der Waals surface area contributed by atoms with Crippen molar-refractivity contribution >= 4 is 15.9 Å². The highest BCUT2D eigenvalue weighted by Crippen LogP contribution is 2.30. The molecule has 108 valence electrons. The third-order valence-corrected chi connectivity index (χ3v) is 3.63. The first-order valence-corrected chi connectivity index (χ1v) is 8.04. The molecule has 0 fully saturated rings. The minimum atomic E-state index is 0.241. The monoisotopic (exact) mass is 327 g/mol. The lowest BCUT2D eigenvalue weighted by Gasteiger charge is -2.21. The van der Waals surface area contributed by atoms with Crippen molar-refractivity contribution in [3.63, 3.8) is 0 Å². The Bertz CT molecular complexity index is 379. The molecule has 0 heterocycles. The fourth-order valence-corrected chi connectivity index (χ4v) is 2.35. The van der Waals surface area contributed by atoms with Gasteiger partial charge in [0, 0.05) is 11.0 Å². The van der Waals surface area contributed by atoms with Crippen LogP contribution in [0.15, 0.2) is 22.7 Å². The maximum Gasteiger partial charge on any atom is 0.123 e. The van der Waals surface area contributed by atoms with Crippen LogP contribution >= 0.6 is 15.9 Å². The van der Waals surface area contributed by atoms with Crippen LogP contribution in [-0.2, 0) is 0 Å². The second-order valence-electron chi connectivity index (χ2n) is 5.19. The third kappa shape index (κ3) is 5.53. The summed E-state index contributed by atoms with van der Waals surface area (Å²) in [6.45, 7) is 10.7.